The summed E-state index contributed by atoms with van der Waals surface area (Å²) >= 11 is 0. The molecule has 0 aromatic heterocycles. The minimum Gasteiger partial charge on any atom is -1.00 e. The third-order valence-electron chi connectivity index (χ3n) is 9.34. The summed E-state index contributed by atoms with van der Waals surface area (Å²) in [6.07, 6.45) is 3.67. The summed E-state index contributed by atoms with van der Waals surface area (Å²) in [7, 11) is 1.08. The fraction of sp³-hybridized carbons (Fsp3) is 0.167. The molecule has 0 spiro atoms. The molecule has 0 N–H and O–H groups in total. The van der Waals surface area contributed by atoms with Gasteiger partial charge in [-0.15, -0.1) is 33.7 Å². The predicted octanol–water partition coefficient (Wildman–Crippen LogP) is 6.05. The van der Waals surface area contributed by atoms with Crippen LogP contribution >= 0.6 is 0 Å². The largest absolute Gasteiger partial charge is 3.00 e. The Hall–Kier alpha value is -2.87. The second-order valence-corrected chi connectivity index (χ2v) is 12.9. The molecule has 3 radical (unpaired) electrons. The maximum absolute atomic E-state index is 2.54. The summed E-state index contributed by atoms with van der Waals surface area (Å²) in [5.41, 5.74) is 8.44. The van der Waals surface area contributed by atoms with Gasteiger partial charge < -0.3 is 24.8 Å². The average molecular weight is 732 g/mol. The molecule has 0 nitrogen and oxygen atoms in total. The first-order chi connectivity index (χ1) is 21.1. The molecule has 2 atom stereocenters. The van der Waals surface area contributed by atoms with Crippen LogP contribution in [0.15, 0.2) is 127 Å². The molecule has 227 valence electrons. The van der Waals surface area contributed by atoms with Crippen molar-refractivity contribution in [1.29, 1.82) is 0 Å². The quantitative estimate of drug-likeness (QED) is 0.118. The van der Waals surface area contributed by atoms with Gasteiger partial charge in [0.15, 0.2) is 0 Å². The normalized spacial score (nSPS) is 14.0. The van der Waals surface area contributed by atoms with Crippen LogP contribution in [0.3, 0.4) is 0 Å². The SMILES string of the molecule is CCC(C)C1=Cc2c(-c3cc4ccccc4c4ccccc34)cccc2C1c1cccc2c1[cH-]c1ccccc12.C[Si]C.[Cl-].[Cl-].[Zr+3]. The molecule has 0 aliphatic heterocycles. The number of rotatable bonds is 4. The molecule has 46 heavy (non-hydrogen) atoms. The molecule has 7 aromatic carbocycles. The Balaban J connectivity index is 0.000000772. The van der Waals surface area contributed by atoms with Gasteiger partial charge in [0.1, 0.15) is 0 Å². The molecule has 0 bridgehead atoms. The number of halogens is 2. The van der Waals surface area contributed by atoms with Crippen molar-refractivity contribution in [2.24, 2.45) is 5.92 Å². The van der Waals surface area contributed by atoms with Gasteiger partial charge in [0.25, 0.3) is 0 Å². The van der Waals surface area contributed by atoms with Gasteiger partial charge in [0.2, 0.25) is 0 Å². The van der Waals surface area contributed by atoms with Crippen molar-refractivity contribution in [2.75, 3.05) is 0 Å². The van der Waals surface area contributed by atoms with Gasteiger partial charge in [-0.2, -0.15) is 0 Å². The molecule has 0 saturated heterocycles. The van der Waals surface area contributed by atoms with E-state index < -0.39 is 0 Å². The third-order valence-corrected chi connectivity index (χ3v) is 9.34. The van der Waals surface area contributed by atoms with Crippen LogP contribution in [0.2, 0.25) is 13.1 Å². The summed E-state index contributed by atoms with van der Waals surface area (Å²) in [4.78, 5) is 0. The van der Waals surface area contributed by atoms with E-state index in [1.807, 2.05) is 0 Å². The molecule has 2 unspecified atom stereocenters. The number of benzene rings is 6. The first kappa shape index (κ1) is 36.0. The third kappa shape index (κ3) is 6.11. The monoisotopic (exact) mass is 729 g/mol. The molecular weight excluding hydrogens is 695 g/mol. The molecule has 0 heterocycles. The topological polar surface area (TPSA) is 0 Å². The van der Waals surface area contributed by atoms with Crippen LogP contribution in [0.25, 0.3) is 60.3 Å². The molecule has 0 saturated carbocycles. The van der Waals surface area contributed by atoms with Gasteiger partial charge in [-0.1, -0.05) is 147 Å². The van der Waals surface area contributed by atoms with Gasteiger partial charge in [-0.25, -0.2) is 0 Å². The molecule has 1 aliphatic carbocycles. The molecular formula is C42H37Cl2SiZr. The summed E-state index contributed by atoms with van der Waals surface area (Å²) in [5.74, 6) is 0.760. The molecule has 4 heteroatoms. The fourth-order valence-corrected chi connectivity index (χ4v) is 7.20. The van der Waals surface area contributed by atoms with Crippen molar-refractivity contribution in [1.82, 2.24) is 0 Å². The predicted molar refractivity (Wildman–Crippen MR) is 191 cm³/mol. The van der Waals surface area contributed by atoms with E-state index in [-0.39, 0.29) is 56.9 Å². The maximum Gasteiger partial charge on any atom is 3.00 e. The van der Waals surface area contributed by atoms with Crippen molar-refractivity contribution < 1.29 is 51.0 Å². The molecule has 1 aliphatic rings. The van der Waals surface area contributed by atoms with Crippen LogP contribution in [0.5, 0.6) is 0 Å². The minimum absolute atomic E-state index is 0. The zero-order valence-electron chi connectivity index (χ0n) is 26.7. The van der Waals surface area contributed by atoms with Crippen molar-refractivity contribution in [2.45, 2.75) is 39.3 Å². The van der Waals surface area contributed by atoms with E-state index in [9.17, 15) is 0 Å². The van der Waals surface area contributed by atoms with E-state index in [0.717, 1.165) is 15.9 Å². The molecule has 8 rings (SSSR count). The second-order valence-electron chi connectivity index (χ2n) is 11.9. The van der Waals surface area contributed by atoms with Crippen LogP contribution in [-0.2, 0) is 26.2 Å². The summed E-state index contributed by atoms with van der Waals surface area (Å²) in [6.45, 7) is 9.03. The zero-order chi connectivity index (χ0) is 29.5. The van der Waals surface area contributed by atoms with Crippen molar-refractivity contribution in [3.8, 4) is 11.1 Å². The van der Waals surface area contributed by atoms with Crippen molar-refractivity contribution in [3.05, 3.63) is 144 Å². The summed E-state index contributed by atoms with van der Waals surface area (Å²) in [6, 6.07) is 45.2. The Bertz CT molecular complexity index is 2160. The van der Waals surface area contributed by atoms with Crippen LogP contribution in [-0.4, -0.2) is 9.52 Å². The number of hydrogen-bond donors (Lipinski definition) is 0. The van der Waals surface area contributed by atoms with Gasteiger partial charge in [-0.05, 0) is 62.2 Å². The van der Waals surface area contributed by atoms with Crippen molar-refractivity contribution >= 4 is 58.7 Å². The Morgan fingerprint density at radius 2 is 1.24 bits per heavy atom. The first-order valence-corrected chi connectivity index (χ1v) is 17.5. The first-order valence-electron chi connectivity index (χ1n) is 15.5. The van der Waals surface area contributed by atoms with Gasteiger partial charge in [-0.3, -0.25) is 0 Å². The number of hydrogen-bond acceptors (Lipinski definition) is 0. The number of fused-ring (bicyclic) bond motifs is 7. The van der Waals surface area contributed by atoms with Crippen LogP contribution in [0, 0.1) is 5.92 Å². The standard InChI is InChI=1S/C40H31.C2H6Si.2ClH.Zr/c1-3-25(2)36-24-39-33(37-22-26-12-4-6-14-28(26)30-16-8-9-17-32(30)37)19-11-21-35(39)40(36)34-20-10-18-31-29-15-7-5-13-27(29)23-38(31)34;1-3-2;;;/h4-25,40H,3H2,1-2H3;1-2H3;2*1H;/q-1;;;;+3/p-2. The van der Waals surface area contributed by atoms with E-state index in [0.29, 0.717) is 5.92 Å². The van der Waals surface area contributed by atoms with E-state index in [2.05, 4.69) is 154 Å². The Morgan fingerprint density at radius 3 is 1.98 bits per heavy atom. The zero-order valence-corrected chi connectivity index (χ0v) is 31.7. The van der Waals surface area contributed by atoms with Crippen LogP contribution in [0.1, 0.15) is 42.9 Å². The Labute approximate surface area is 307 Å². The van der Waals surface area contributed by atoms with E-state index >= 15 is 0 Å². The van der Waals surface area contributed by atoms with Gasteiger partial charge >= 0.3 is 26.2 Å². The van der Waals surface area contributed by atoms with Crippen molar-refractivity contribution in [3.63, 3.8) is 0 Å². The molecule has 0 fully saturated rings. The smallest absolute Gasteiger partial charge is 1.00 e. The van der Waals surface area contributed by atoms with E-state index in [1.54, 1.807) is 0 Å². The van der Waals surface area contributed by atoms with Gasteiger partial charge in [0, 0.05) is 15.4 Å². The Kier molecular flexibility index (Phi) is 12.0. The fourth-order valence-electron chi connectivity index (χ4n) is 7.20. The van der Waals surface area contributed by atoms with Gasteiger partial charge in [0.05, 0.1) is 0 Å². The van der Waals surface area contributed by atoms with E-state index in [1.165, 1.54) is 76.5 Å². The van der Waals surface area contributed by atoms with Crippen LogP contribution in [0.4, 0.5) is 0 Å². The number of allylic oxidation sites excluding steroid dienone is 1. The summed E-state index contributed by atoms with van der Waals surface area (Å²) < 4.78 is 0. The molecule has 0 amide bonds. The molecule has 7 aromatic rings. The average Bonchev–Trinajstić information content (AvgIpc) is 3.63. The minimum atomic E-state index is 0. The Morgan fingerprint density at radius 1 is 0.652 bits per heavy atom. The maximum atomic E-state index is 2.54. The summed E-state index contributed by atoms with van der Waals surface area (Å²) in [5, 5.41) is 10.7. The second kappa shape index (κ2) is 15.4. The van der Waals surface area contributed by atoms with E-state index in [4.69, 9.17) is 0 Å². The van der Waals surface area contributed by atoms with Crippen LogP contribution < -0.4 is 24.8 Å².